The summed E-state index contributed by atoms with van der Waals surface area (Å²) in [6, 6.07) is 11.2. The zero-order valence-corrected chi connectivity index (χ0v) is 19.0. The number of amides is 3. The number of rotatable bonds is 8. The number of halogens is 2. The molecule has 5 N–H and O–H groups in total. The quantitative estimate of drug-likeness (QED) is 0.444. The molecular formula is C23H24ClFN6O3. The van der Waals surface area contributed by atoms with Gasteiger partial charge in [-0.3, -0.25) is 19.1 Å². The molecule has 1 aliphatic rings. The van der Waals surface area contributed by atoms with E-state index in [0.29, 0.717) is 23.7 Å². The second kappa shape index (κ2) is 9.78. The van der Waals surface area contributed by atoms with Gasteiger partial charge < -0.3 is 21.7 Å². The molecule has 1 saturated carbocycles. The molecule has 9 nitrogen and oxygen atoms in total. The van der Waals surface area contributed by atoms with Crippen molar-refractivity contribution >= 4 is 40.2 Å². The second-order valence-corrected chi connectivity index (χ2v) is 8.69. The highest BCUT2D eigenvalue weighted by Crippen LogP contribution is 2.25. The molecule has 1 fully saturated rings. The molecule has 0 atom stereocenters. The Kier molecular flexibility index (Phi) is 6.80. The number of carbonyl (C=O) groups excluding carboxylic acids is 3. The van der Waals surface area contributed by atoms with E-state index in [2.05, 4.69) is 10.4 Å². The molecule has 0 aliphatic heterocycles. The van der Waals surface area contributed by atoms with Crippen LogP contribution in [0.1, 0.15) is 28.9 Å². The minimum Gasteiger partial charge on any atom is -0.364 e. The first-order valence-corrected chi connectivity index (χ1v) is 11.1. The number of para-hydroxylation sites is 1. The zero-order valence-electron chi connectivity index (χ0n) is 18.2. The van der Waals surface area contributed by atoms with Gasteiger partial charge in [0.15, 0.2) is 5.69 Å². The third kappa shape index (κ3) is 4.87. The van der Waals surface area contributed by atoms with Gasteiger partial charge in [0.05, 0.1) is 17.1 Å². The molecule has 1 aliphatic carbocycles. The molecule has 34 heavy (non-hydrogen) atoms. The summed E-state index contributed by atoms with van der Waals surface area (Å²) in [6.45, 7) is -0.473. The highest BCUT2D eigenvalue weighted by atomic mass is 35.5. The van der Waals surface area contributed by atoms with Gasteiger partial charge in [-0.1, -0.05) is 41.9 Å². The van der Waals surface area contributed by atoms with Crippen LogP contribution >= 0.6 is 11.6 Å². The fraction of sp³-hybridized carbons (Fsp3) is 0.304. The van der Waals surface area contributed by atoms with Crippen molar-refractivity contribution in [3.63, 3.8) is 0 Å². The smallest absolute Gasteiger partial charge is 0.269 e. The fourth-order valence-corrected chi connectivity index (χ4v) is 4.24. The number of nitrogens with one attached hydrogen (secondary N) is 1. The van der Waals surface area contributed by atoms with E-state index in [4.69, 9.17) is 23.1 Å². The Morgan fingerprint density at radius 3 is 2.62 bits per heavy atom. The lowest BCUT2D eigenvalue weighted by Gasteiger charge is -2.41. The molecule has 3 amide bonds. The molecule has 3 aromatic rings. The molecule has 178 valence electrons. The largest absolute Gasteiger partial charge is 0.364 e. The molecule has 1 aromatic heterocycles. The maximum absolute atomic E-state index is 14.1. The van der Waals surface area contributed by atoms with Crippen molar-refractivity contribution < 1.29 is 18.8 Å². The summed E-state index contributed by atoms with van der Waals surface area (Å²) in [6.07, 6.45) is 1.13. The second-order valence-electron chi connectivity index (χ2n) is 8.28. The normalized spacial score (nSPS) is 17.3. The van der Waals surface area contributed by atoms with Gasteiger partial charge in [-0.15, -0.1) is 0 Å². The first kappa shape index (κ1) is 23.7. The fourth-order valence-electron chi connectivity index (χ4n) is 4.04. The van der Waals surface area contributed by atoms with Gasteiger partial charge >= 0.3 is 0 Å². The molecule has 0 saturated heterocycles. The van der Waals surface area contributed by atoms with Gasteiger partial charge in [-0.05, 0) is 25.0 Å². The minimum atomic E-state index is -0.697. The summed E-state index contributed by atoms with van der Waals surface area (Å²) in [5, 5.41) is 7.36. The molecule has 1 heterocycles. The topological polar surface area (TPSA) is 136 Å². The van der Waals surface area contributed by atoms with Crippen LogP contribution in [0.15, 0.2) is 42.5 Å². The van der Waals surface area contributed by atoms with Crippen molar-refractivity contribution in [2.75, 3.05) is 6.54 Å². The van der Waals surface area contributed by atoms with Crippen LogP contribution in [0.5, 0.6) is 0 Å². The first-order chi connectivity index (χ1) is 16.2. The van der Waals surface area contributed by atoms with Crippen LogP contribution in [-0.4, -0.2) is 51.0 Å². The average Bonchev–Trinajstić information content (AvgIpc) is 3.15. The maximum atomic E-state index is 14.1. The summed E-state index contributed by atoms with van der Waals surface area (Å²) in [5.74, 6) is -2.10. The molecule has 0 unspecified atom stereocenters. The van der Waals surface area contributed by atoms with E-state index in [1.54, 1.807) is 30.3 Å². The van der Waals surface area contributed by atoms with Gasteiger partial charge in [-0.2, -0.15) is 5.10 Å². The maximum Gasteiger partial charge on any atom is 0.269 e. The third-order valence-electron chi connectivity index (χ3n) is 5.91. The Hall–Kier alpha value is -3.50. The minimum absolute atomic E-state index is 0.0335. The Bertz CT molecular complexity index is 1260. The van der Waals surface area contributed by atoms with Crippen LogP contribution in [0.2, 0.25) is 5.02 Å². The van der Waals surface area contributed by atoms with Crippen LogP contribution in [-0.2, 0) is 22.7 Å². The number of aromatic nitrogens is 2. The van der Waals surface area contributed by atoms with E-state index < -0.39 is 17.6 Å². The van der Waals surface area contributed by atoms with Crippen molar-refractivity contribution in [2.45, 2.75) is 38.0 Å². The number of hydrogen-bond donors (Lipinski definition) is 3. The highest BCUT2D eigenvalue weighted by Gasteiger charge is 2.35. The molecular weight excluding hydrogens is 463 g/mol. The summed E-state index contributed by atoms with van der Waals surface area (Å²) in [5.41, 5.74) is 12.2. The van der Waals surface area contributed by atoms with E-state index in [-0.39, 0.29) is 53.9 Å². The van der Waals surface area contributed by atoms with Crippen molar-refractivity contribution in [2.24, 2.45) is 11.5 Å². The summed E-state index contributed by atoms with van der Waals surface area (Å²) in [4.78, 5) is 39.1. The lowest BCUT2D eigenvalue weighted by molar-refractivity contribution is -0.141. The van der Waals surface area contributed by atoms with E-state index in [0.717, 1.165) is 0 Å². The number of fused-ring (bicyclic) bond motifs is 1. The van der Waals surface area contributed by atoms with E-state index in [9.17, 15) is 18.8 Å². The Morgan fingerprint density at radius 2 is 1.91 bits per heavy atom. The Balaban J connectivity index is 1.49. The first-order valence-electron chi connectivity index (χ1n) is 10.7. The van der Waals surface area contributed by atoms with E-state index >= 15 is 0 Å². The van der Waals surface area contributed by atoms with Crippen molar-refractivity contribution in [1.82, 2.24) is 20.0 Å². The van der Waals surface area contributed by atoms with Gasteiger partial charge in [0.25, 0.3) is 5.91 Å². The lowest BCUT2D eigenvalue weighted by atomic mass is 9.86. The third-order valence-corrected chi connectivity index (χ3v) is 6.20. The molecule has 0 radical (unpaired) electrons. The number of nitrogens with zero attached hydrogens (tertiary/aromatic N) is 3. The molecule has 0 bridgehead atoms. The molecule has 2 aromatic carbocycles. The van der Waals surface area contributed by atoms with Crippen molar-refractivity contribution in [3.05, 3.63) is 64.6 Å². The summed E-state index contributed by atoms with van der Waals surface area (Å²) < 4.78 is 15.5. The number of benzene rings is 2. The number of nitrogens with two attached hydrogens (primary N) is 2. The van der Waals surface area contributed by atoms with Crippen LogP contribution < -0.4 is 16.8 Å². The summed E-state index contributed by atoms with van der Waals surface area (Å²) >= 11 is 5.79. The predicted octanol–water partition coefficient (Wildman–Crippen LogP) is 1.56. The molecule has 4 rings (SSSR count). The molecule has 11 heteroatoms. The molecule has 0 spiro atoms. The van der Waals surface area contributed by atoms with Crippen molar-refractivity contribution in [3.8, 4) is 0 Å². The van der Waals surface area contributed by atoms with Crippen LogP contribution in [0, 0.1) is 5.82 Å². The van der Waals surface area contributed by atoms with Crippen LogP contribution in [0.25, 0.3) is 10.9 Å². The average molecular weight is 487 g/mol. The Labute approximate surface area is 199 Å². The van der Waals surface area contributed by atoms with Gasteiger partial charge in [0.2, 0.25) is 11.8 Å². The monoisotopic (exact) mass is 486 g/mol. The SMILES string of the molecule is NC(=O)c1nn(CC(=O)N(CC(=O)NCc2cccc(Cl)c2F)C2CC(N)C2)c2ccccc12. The van der Waals surface area contributed by atoms with E-state index in [1.165, 1.54) is 21.7 Å². The van der Waals surface area contributed by atoms with Gasteiger partial charge in [-0.25, -0.2) is 4.39 Å². The highest BCUT2D eigenvalue weighted by molar-refractivity contribution is 6.30. The zero-order chi connectivity index (χ0) is 24.4. The number of hydrogen-bond acceptors (Lipinski definition) is 5. The standard InChI is InChI=1S/C23H24ClFN6O3/c24-17-6-3-4-13(21(17)25)10-28-19(32)11-30(15-8-14(26)9-15)20(33)12-31-18-7-2-1-5-16(18)22(29-31)23(27)34/h1-7,14-15H,8-12,26H2,(H2,27,34)(H,28,32). The predicted molar refractivity (Wildman–Crippen MR) is 124 cm³/mol. The van der Waals surface area contributed by atoms with Gasteiger partial charge in [0, 0.05) is 29.6 Å². The van der Waals surface area contributed by atoms with Crippen LogP contribution in [0.3, 0.4) is 0 Å². The number of carbonyl (C=O) groups is 3. The van der Waals surface area contributed by atoms with Crippen molar-refractivity contribution in [1.29, 1.82) is 0 Å². The van der Waals surface area contributed by atoms with Crippen LogP contribution in [0.4, 0.5) is 4.39 Å². The number of primary amides is 1. The van der Waals surface area contributed by atoms with E-state index in [1.807, 2.05) is 0 Å². The lowest BCUT2D eigenvalue weighted by Crippen LogP contribution is -2.55. The summed E-state index contributed by atoms with van der Waals surface area (Å²) in [7, 11) is 0. The van der Waals surface area contributed by atoms with Gasteiger partial charge in [0.1, 0.15) is 12.4 Å². The Morgan fingerprint density at radius 1 is 1.18 bits per heavy atom.